The Labute approximate surface area is 514 Å². The van der Waals surface area contributed by atoms with Gasteiger partial charge in [0.15, 0.2) is 0 Å². The van der Waals surface area contributed by atoms with Crippen LogP contribution in [0.2, 0.25) is 0 Å². The number of nitrogens with zero attached hydrogens (tertiary/aromatic N) is 2. The van der Waals surface area contributed by atoms with E-state index in [2.05, 4.69) is 254 Å². The Morgan fingerprint density at radius 3 is 0.841 bits per heavy atom. The van der Waals surface area contributed by atoms with Crippen LogP contribution >= 0.6 is 0 Å². The monoisotopic (exact) mass is 1130 g/mol. The molecule has 0 unspecified atom stereocenters. The highest BCUT2D eigenvalue weighted by Crippen LogP contribution is 2.48. The number of hydrogen-bond acceptors (Lipinski definition) is 0. The molecule has 0 saturated heterocycles. The van der Waals surface area contributed by atoms with Gasteiger partial charge in [0.1, 0.15) is 0 Å². The molecular formula is C86H72N2. The van der Waals surface area contributed by atoms with Crippen molar-refractivity contribution in [3.05, 3.63) is 231 Å². The molecule has 0 radical (unpaired) electrons. The molecule has 0 aliphatic heterocycles. The maximum absolute atomic E-state index is 2.63. The zero-order valence-corrected chi connectivity index (χ0v) is 50.7. The largest absolute Gasteiger partial charge is 0.340 e. The van der Waals surface area contributed by atoms with Crippen molar-refractivity contribution in [2.75, 3.05) is 0 Å². The lowest BCUT2D eigenvalue weighted by Crippen LogP contribution is -1.98. The maximum atomic E-state index is 2.63. The Kier molecular flexibility index (Phi) is 13.0. The molecule has 17 aromatic rings. The van der Waals surface area contributed by atoms with Gasteiger partial charge in [-0.2, -0.15) is 0 Å². The summed E-state index contributed by atoms with van der Waals surface area (Å²) in [5.74, 6) is 0. The van der Waals surface area contributed by atoms with Crippen LogP contribution in [0.15, 0.2) is 231 Å². The summed E-state index contributed by atoms with van der Waals surface area (Å²) in [4.78, 5) is 0. The molecule has 0 aliphatic carbocycles. The lowest BCUT2D eigenvalue weighted by Gasteiger charge is -2.18. The van der Waals surface area contributed by atoms with E-state index in [1.807, 2.05) is 0 Å². The molecule has 2 nitrogen and oxygen atoms in total. The number of aryl methyl sites for hydroxylation is 2. The van der Waals surface area contributed by atoms with Crippen LogP contribution in [0.25, 0.3) is 174 Å². The van der Waals surface area contributed by atoms with E-state index in [0.717, 1.165) is 13.1 Å². The summed E-state index contributed by atoms with van der Waals surface area (Å²) in [7, 11) is 0. The molecule has 15 aromatic carbocycles. The number of aromatic nitrogens is 2. The van der Waals surface area contributed by atoms with Gasteiger partial charge in [0.25, 0.3) is 0 Å². The lowest BCUT2D eigenvalue weighted by molar-refractivity contribution is 0.571. The summed E-state index contributed by atoms with van der Waals surface area (Å²) in [5, 5.41) is 26.3. The van der Waals surface area contributed by atoms with E-state index in [9.17, 15) is 0 Å². The fourth-order valence-corrected chi connectivity index (χ4v) is 16.1. The second kappa shape index (κ2) is 21.7. The van der Waals surface area contributed by atoms with Gasteiger partial charge in [0, 0.05) is 56.7 Å². The standard InChI is InChI=1S/C86H72N2/c1-3-5-7-9-11-17-45-87-77-41-37-59(67-47-61-33-29-55-21-19-22-56-30-34-62(48-67)83(61)81(55)56)51-73(77)75-53-65(39-43-79(75)87)85-69-25-13-15-27-71(69)86(72-28-16-14-26-70(72)85)66-40-44-80-76(54-66)74-52-60(38-42-78(74)88(80)46-18-12-10-8-6-4-2)68-49-63-35-31-57-23-20-24-58-32-36-64(50-68)84(63)82(57)58/h13-16,19-44,47-54H,3-12,17-18,45-46H2,1-2H3. The van der Waals surface area contributed by atoms with Crippen molar-refractivity contribution in [3.8, 4) is 44.5 Å². The van der Waals surface area contributed by atoms with Crippen LogP contribution in [0.5, 0.6) is 0 Å². The van der Waals surface area contributed by atoms with Crippen LogP contribution in [0.3, 0.4) is 0 Å². The van der Waals surface area contributed by atoms with E-state index in [4.69, 9.17) is 0 Å². The molecule has 0 N–H and O–H groups in total. The van der Waals surface area contributed by atoms with Gasteiger partial charge in [-0.05, 0) is 216 Å². The highest BCUT2D eigenvalue weighted by atomic mass is 15.0. The summed E-state index contributed by atoms with van der Waals surface area (Å²) in [5.41, 5.74) is 15.4. The minimum atomic E-state index is 1.01. The average Bonchev–Trinajstić information content (AvgIpc) is 2.93. The maximum Gasteiger partial charge on any atom is 0.0491 e. The Morgan fingerprint density at radius 2 is 0.500 bits per heavy atom. The van der Waals surface area contributed by atoms with Crippen LogP contribution in [0, 0.1) is 0 Å². The molecule has 88 heavy (non-hydrogen) atoms. The quantitative estimate of drug-likeness (QED) is 0.0460. The van der Waals surface area contributed by atoms with Crippen LogP contribution in [0.1, 0.15) is 90.9 Å². The smallest absolute Gasteiger partial charge is 0.0491 e. The molecule has 426 valence electrons. The minimum Gasteiger partial charge on any atom is -0.340 e. The van der Waals surface area contributed by atoms with E-state index in [1.165, 1.54) is 251 Å². The van der Waals surface area contributed by atoms with Crippen molar-refractivity contribution in [1.82, 2.24) is 9.13 Å². The first-order valence-electron chi connectivity index (χ1n) is 33.0. The van der Waals surface area contributed by atoms with Gasteiger partial charge in [0.2, 0.25) is 0 Å². The summed E-state index contributed by atoms with van der Waals surface area (Å²) in [6.07, 6.45) is 15.3. The number of hydrogen-bond donors (Lipinski definition) is 0. The van der Waals surface area contributed by atoms with E-state index < -0.39 is 0 Å². The van der Waals surface area contributed by atoms with Crippen molar-refractivity contribution in [2.45, 2.75) is 104 Å². The van der Waals surface area contributed by atoms with E-state index >= 15 is 0 Å². The van der Waals surface area contributed by atoms with Gasteiger partial charge >= 0.3 is 0 Å². The SMILES string of the molecule is CCCCCCCCn1c2ccc(-c3cc4ccc5cccc6ccc(c3)c4c56)cc2c2cc(-c3c4ccccc4c(-c4ccc5c(c4)c4cc(-c6cc7ccc8cccc9ccc(c6)c7c89)ccc4n5CCCCCCCC)c4ccccc34)ccc21. The number of fused-ring (bicyclic) bond motifs is 8. The lowest BCUT2D eigenvalue weighted by atomic mass is 9.85. The third-order valence-corrected chi connectivity index (χ3v) is 20.3. The molecule has 0 amide bonds. The molecule has 2 heteroatoms. The minimum absolute atomic E-state index is 1.01. The van der Waals surface area contributed by atoms with Crippen molar-refractivity contribution < 1.29 is 0 Å². The van der Waals surface area contributed by atoms with E-state index in [1.54, 1.807) is 0 Å². The van der Waals surface area contributed by atoms with Crippen LogP contribution < -0.4 is 0 Å². The Bertz CT molecular complexity index is 5020. The number of unbranched alkanes of at least 4 members (excludes halogenated alkanes) is 10. The predicted molar refractivity (Wildman–Crippen MR) is 383 cm³/mol. The normalized spacial score (nSPS) is 12.4. The fraction of sp³-hybridized carbons (Fsp3) is 0.186. The van der Waals surface area contributed by atoms with Gasteiger partial charge in [-0.1, -0.05) is 236 Å². The van der Waals surface area contributed by atoms with Crippen molar-refractivity contribution in [1.29, 1.82) is 0 Å². The first-order valence-corrected chi connectivity index (χ1v) is 33.0. The van der Waals surface area contributed by atoms with Crippen LogP contribution in [-0.2, 0) is 13.1 Å². The van der Waals surface area contributed by atoms with Gasteiger partial charge in [-0.25, -0.2) is 0 Å². The summed E-state index contributed by atoms with van der Waals surface area (Å²) in [6.45, 7) is 6.64. The van der Waals surface area contributed by atoms with Crippen molar-refractivity contribution in [2.24, 2.45) is 0 Å². The molecule has 17 rings (SSSR count). The second-order valence-electron chi connectivity index (χ2n) is 25.6. The fourth-order valence-electron chi connectivity index (χ4n) is 16.1. The van der Waals surface area contributed by atoms with Gasteiger partial charge in [0.05, 0.1) is 0 Å². The summed E-state index contributed by atoms with van der Waals surface area (Å²) < 4.78 is 5.26. The molecular weight excluding hydrogens is 1060 g/mol. The predicted octanol–water partition coefficient (Wildman–Crippen LogP) is 25.4. The van der Waals surface area contributed by atoms with Crippen molar-refractivity contribution >= 4 is 130 Å². The van der Waals surface area contributed by atoms with Gasteiger partial charge in [-0.15, -0.1) is 0 Å². The molecule has 0 spiro atoms. The van der Waals surface area contributed by atoms with Crippen LogP contribution in [-0.4, -0.2) is 9.13 Å². The van der Waals surface area contributed by atoms with Gasteiger partial charge in [-0.3, -0.25) is 0 Å². The molecule has 0 atom stereocenters. The molecule has 0 aliphatic rings. The summed E-state index contributed by atoms with van der Waals surface area (Å²) >= 11 is 0. The average molecular weight is 1130 g/mol. The van der Waals surface area contributed by atoms with Gasteiger partial charge < -0.3 is 9.13 Å². The molecule has 0 fully saturated rings. The van der Waals surface area contributed by atoms with E-state index in [-0.39, 0.29) is 0 Å². The molecule has 0 saturated carbocycles. The Hall–Kier alpha value is -9.50. The third kappa shape index (κ3) is 8.65. The van der Waals surface area contributed by atoms with Crippen molar-refractivity contribution in [3.63, 3.8) is 0 Å². The Balaban J connectivity index is 0.814. The zero-order chi connectivity index (χ0) is 58.4. The molecule has 2 heterocycles. The van der Waals surface area contributed by atoms with Crippen LogP contribution in [0.4, 0.5) is 0 Å². The highest BCUT2D eigenvalue weighted by Gasteiger charge is 2.22. The summed E-state index contributed by atoms with van der Waals surface area (Å²) in [6, 6.07) is 89.5. The van der Waals surface area contributed by atoms with E-state index in [0.29, 0.717) is 0 Å². The first-order chi connectivity index (χ1) is 43.6. The first kappa shape index (κ1) is 52.8. The number of rotatable bonds is 18. The zero-order valence-electron chi connectivity index (χ0n) is 50.7. The second-order valence-corrected chi connectivity index (χ2v) is 25.6. The third-order valence-electron chi connectivity index (χ3n) is 20.3. The topological polar surface area (TPSA) is 9.86 Å². The number of benzene rings is 15. The molecule has 2 aromatic heterocycles. The highest BCUT2D eigenvalue weighted by molar-refractivity contribution is 6.27. The Morgan fingerprint density at radius 1 is 0.216 bits per heavy atom. The molecule has 0 bridgehead atoms.